The van der Waals surface area contributed by atoms with E-state index in [2.05, 4.69) is 41.4 Å². The van der Waals surface area contributed by atoms with Crippen molar-refractivity contribution in [3.05, 3.63) is 35.4 Å². The SMILES string of the molecule is CNC(CCN(CCO)C1CCCC1)c1ccccc1C. The summed E-state index contributed by atoms with van der Waals surface area (Å²) in [6.07, 6.45) is 6.39. The zero-order valence-corrected chi connectivity index (χ0v) is 13.5. The van der Waals surface area contributed by atoms with Crippen LogP contribution in [0.5, 0.6) is 0 Å². The number of hydrogen-bond donors (Lipinski definition) is 2. The van der Waals surface area contributed by atoms with Crippen LogP contribution in [0.2, 0.25) is 0 Å². The van der Waals surface area contributed by atoms with Crippen molar-refractivity contribution in [1.29, 1.82) is 0 Å². The van der Waals surface area contributed by atoms with Gasteiger partial charge in [-0.1, -0.05) is 37.1 Å². The van der Waals surface area contributed by atoms with Crippen LogP contribution >= 0.6 is 0 Å². The molecule has 1 atom stereocenters. The first kappa shape index (κ1) is 16.5. The van der Waals surface area contributed by atoms with E-state index in [4.69, 9.17) is 0 Å². The number of nitrogens with one attached hydrogen (secondary N) is 1. The van der Waals surface area contributed by atoms with Gasteiger partial charge in [0.2, 0.25) is 0 Å². The fraction of sp³-hybridized carbons (Fsp3) is 0.667. The summed E-state index contributed by atoms with van der Waals surface area (Å²) in [4.78, 5) is 2.50. The van der Waals surface area contributed by atoms with Gasteiger partial charge in [0.15, 0.2) is 0 Å². The van der Waals surface area contributed by atoms with Gasteiger partial charge in [0, 0.05) is 25.2 Å². The summed E-state index contributed by atoms with van der Waals surface area (Å²) in [6, 6.07) is 9.71. The second-order valence-corrected chi connectivity index (χ2v) is 6.18. The summed E-state index contributed by atoms with van der Waals surface area (Å²) in [5.74, 6) is 0. The Kier molecular flexibility index (Phi) is 6.68. The van der Waals surface area contributed by atoms with E-state index in [-0.39, 0.29) is 6.61 Å². The molecule has 0 aliphatic heterocycles. The second-order valence-electron chi connectivity index (χ2n) is 6.18. The van der Waals surface area contributed by atoms with Crippen molar-refractivity contribution in [3.8, 4) is 0 Å². The topological polar surface area (TPSA) is 35.5 Å². The smallest absolute Gasteiger partial charge is 0.0558 e. The molecule has 21 heavy (non-hydrogen) atoms. The lowest BCUT2D eigenvalue weighted by atomic mass is 9.98. The van der Waals surface area contributed by atoms with Crippen molar-refractivity contribution in [1.82, 2.24) is 10.2 Å². The van der Waals surface area contributed by atoms with Crippen LogP contribution in [0.15, 0.2) is 24.3 Å². The molecule has 0 heterocycles. The van der Waals surface area contributed by atoms with Gasteiger partial charge in [-0.2, -0.15) is 0 Å². The molecule has 1 unspecified atom stereocenters. The first-order valence-electron chi connectivity index (χ1n) is 8.34. The van der Waals surface area contributed by atoms with E-state index < -0.39 is 0 Å². The highest BCUT2D eigenvalue weighted by Gasteiger charge is 2.23. The summed E-state index contributed by atoms with van der Waals surface area (Å²) in [5.41, 5.74) is 2.75. The molecule has 0 aromatic heterocycles. The lowest BCUT2D eigenvalue weighted by molar-refractivity contribution is 0.146. The quantitative estimate of drug-likeness (QED) is 0.773. The molecule has 1 aliphatic carbocycles. The van der Waals surface area contributed by atoms with Gasteiger partial charge in [-0.25, -0.2) is 0 Å². The second kappa shape index (κ2) is 8.52. The third-order valence-corrected chi connectivity index (χ3v) is 4.85. The molecule has 1 saturated carbocycles. The van der Waals surface area contributed by atoms with Crippen LogP contribution in [0.4, 0.5) is 0 Å². The molecule has 0 saturated heterocycles. The Balaban J connectivity index is 1.95. The van der Waals surface area contributed by atoms with Crippen molar-refractivity contribution in [2.24, 2.45) is 0 Å². The largest absolute Gasteiger partial charge is 0.395 e. The molecule has 3 nitrogen and oxygen atoms in total. The zero-order valence-electron chi connectivity index (χ0n) is 13.5. The summed E-state index contributed by atoms with van der Waals surface area (Å²) >= 11 is 0. The van der Waals surface area contributed by atoms with Crippen molar-refractivity contribution < 1.29 is 5.11 Å². The minimum absolute atomic E-state index is 0.269. The Hall–Kier alpha value is -0.900. The predicted molar refractivity (Wildman–Crippen MR) is 88.5 cm³/mol. The highest BCUT2D eigenvalue weighted by Crippen LogP contribution is 2.25. The van der Waals surface area contributed by atoms with Crippen molar-refractivity contribution in [2.75, 3.05) is 26.7 Å². The molecular weight excluding hydrogens is 260 g/mol. The third-order valence-electron chi connectivity index (χ3n) is 4.85. The van der Waals surface area contributed by atoms with Gasteiger partial charge in [-0.15, -0.1) is 0 Å². The molecule has 0 spiro atoms. The van der Waals surface area contributed by atoms with E-state index in [0.29, 0.717) is 12.1 Å². The number of aliphatic hydroxyl groups is 1. The first-order chi connectivity index (χ1) is 10.3. The maximum Gasteiger partial charge on any atom is 0.0558 e. The van der Waals surface area contributed by atoms with Crippen LogP contribution < -0.4 is 5.32 Å². The molecule has 3 heteroatoms. The number of benzene rings is 1. The molecule has 1 fully saturated rings. The summed E-state index contributed by atoms with van der Waals surface area (Å²) < 4.78 is 0. The van der Waals surface area contributed by atoms with Crippen LogP contribution in [0.1, 0.15) is 49.3 Å². The Bertz CT molecular complexity index is 415. The third kappa shape index (κ3) is 4.53. The Morgan fingerprint density at radius 3 is 2.57 bits per heavy atom. The standard InChI is InChI=1S/C18H30N2O/c1-15-7-3-6-10-17(15)18(19-2)11-12-20(13-14-21)16-8-4-5-9-16/h3,6-7,10,16,18-19,21H,4-5,8-9,11-14H2,1-2H3. The monoisotopic (exact) mass is 290 g/mol. The highest BCUT2D eigenvalue weighted by molar-refractivity contribution is 5.28. The predicted octanol–water partition coefficient (Wildman–Crippen LogP) is 2.88. The van der Waals surface area contributed by atoms with E-state index in [1.165, 1.54) is 36.8 Å². The normalized spacial score (nSPS) is 17.5. The lowest BCUT2D eigenvalue weighted by Gasteiger charge is -2.30. The number of aryl methyl sites for hydroxylation is 1. The van der Waals surface area contributed by atoms with Gasteiger partial charge in [0.25, 0.3) is 0 Å². The number of nitrogens with zero attached hydrogens (tertiary/aromatic N) is 1. The summed E-state index contributed by atoms with van der Waals surface area (Å²) in [7, 11) is 2.04. The average molecular weight is 290 g/mol. The molecule has 2 rings (SSSR count). The number of aliphatic hydroxyl groups excluding tert-OH is 1. The molecule has 0 bridgehead atoms. The molecule has 1 aromatic carbocycles. The number of hydrogen-bond acceptors (Lipinski definition) is 3. The van der Waals surface area contributed by atoms with Crippen LogP contribution in [0.3, 0.4) is 0 Å². The van der Waals surface area contributed by atoms with E-state index >= 15 is 0 Å². The van der Waals surface area contributed by atoms with Gasteiger partial charge < -0.3 is 10.4 Å². The fourth-order valence-electron chi connectivity index (χ4n) is 3.60. The molecule has 1 aromatic rings. The van der Waals surface area contributed by atoms with E-state index in [0.717, 1.165) is 19.5 Å². The zero-order chi connectivity index (χ0) is 15.1. The van der Waals surface area contributed by atoms with Gasteiger partial charge in [-0.05, 0) is 44.4 Å². The highest BCUT2D eigenvalue weighted by atomic mass is 16.3. The van der Waals surface area contributed by atoms with Gasteiger partial charge >= 0.3 is 0 Å². The minimum Gasteiger partial charge on any atom is -0.395 e. The molecule has 0 amide bonds. The van der Waals surface area contributed by atoms with E-state index in [1.54, 1.807) is 0 Å². The fourth-order valence-corrected chi connectivity index (χ4v) is 3.60. The summed E-state index contributed by atoms with van der Waals surface area (Å²) in [5, 5.41) is 12.8. The Labute approximate surface area is 129 Å². The van der Waals surface area contributed by atoms with Gasteiger partial charge in [-0.3, -0.25) is 4.90 Å². The van der Waals surface area contributed by atoms with Crippen LogP contribution in [0, 0.1) is 6.92 Å². The van der Waals surface area contributed by atoms with Gasteiger partial charge in [0.05, 0.1) is 6.61 Å². The lowest BCUT2D eigenvalue weighted by Crippen LogP contribution is -2.37. The van der Waals surface area contributed by atoms with Crippen LogP contribution in [-0.2, 0) is 0 Å². The summed E-state index contributed by atoms with van der Waals surface area (Å²) in [6.45, 7) is 4.33. The van der Waals surface area contributed by atoms with Crippen LogP contribution in [0.25, 0.3) is 0 Å². The maximum atomic E-state index is 9.32. The maximum absolute atomic E-state index is 9.32. The van der Waals surface area contributed by atoms with Crippen molar-refractivity contribution in [2.45, 2.75) is 51.1 Å². The molecule has 0 radical (unpaired) electrons. The molecule has 118 valence electrons. The van der Waals surface area contributed by atoms with Crippen LogP contribution in [-0.4, -0.2) is 42.8 Å². The Morgan fingerprint density at radius 1 is 1.24 bits per heavy atom. The van der Waals surface area contributed by atoms with Crippen molar-refractivity contribution >= 4 is 0 Å². The van der Waals surface area contributed by atoms with E-state index in [1.807, 2.05) is 7.05 Å². The Morgan fingerprint density at radius 2 is 1.95 bits per heavy atom. The van der Waals surface area contributed by atoms with Gasteiger partial charge in [0.1, 0.15) is 0 Å². The molecular formula is C18H30N2O. The molecule has 1 aliphatic rings. The first-order valence-corrected chi connectivity index (χ1v) is 8.34. The molecule has 2 N–H and O–H groups in total. The van der Waals surface area contributed by atoms with E-state index in [9.17, 15) is 5.11 Å². The minimum atomic E-state index is 0.269. The van der Waals surface area contributed by atoms with Crippen molar-refractivity contribution in [3.63, 3.8) is 0 Å². The number of rotatable bonds is 8. The average Bonchev–Trinajstić information content (AvgIpc) is 3.02.